The molecule has 4 N–H and O–H groups in total. The number of amides is 1. The molecule has 0 fully saturated rings. The average molecular weight is 258 g/mol. The van der Waals surface area contributed by atoms with Gasteiger partial charge < -0.3 is 16.2 Å². The Balaban J connectivity index is 4.50. The first-order valence-corrected chi connectivity index (χ1v) is 6.82. The van der Waals surface area contributed by atoms with Gasteiger partial charge in [-0.25, -0.2) is 0 Å². The summed E-state index contributed by atoms with van der Waals surface area (Å²) in [6.07, 6.45) is 1.37. The van der Waals surface area contributed by atoms with E-state index in [1.54, 1.807) is 0 Å². The molecule has 0 aliphatic heterocycles. The SMILES string of the molecule is CC(C)C(CCO)NC(=O)C(CN)CC(C)(C)C. The van der Waals surface area contributed by atoms with E-state index in [1.165, 1.54) is 0 Å². The zero-order valence-corrected chi connectivity index (χ0v) is 12.5. The van der Waals surface area contributed by atoms with Crippen molar-refractivity contribution in [2.75, 3.05) is 13.2 Å². The Labute approximate surface area is 111 Å². The van der Waals surface area contributed by atoms with Gasteiger partial charge >= 0.3 is 0 Å². The van der Waals surface area contributed by atoms with Crippen LogP contribution in [0.15, 0.2) is 0 Å². The largest absolute Gasteiger partial charge is 0.396 e. The molecule has 0 heterocycles. The molecule has 18 heavy (non-hydrogen) atoms. The summed E-state index contributed by atoms with van der Waals surface area (Å²) < 4.78 is 0. The van der Waals surface area contributed by atoms with Crippen LogP contribution in [0.2, 0.25) is 0 Å². The van der Waals surface area contributed by atoms with Crippen molar-refractivity contribution in [1.82, 2.24) is 5.32 Å². The van der Waals surface area contributed by atoms with Crippen LogP contribution in [0.4, 0.5) is 0 Å². The van der Waals surface area contributed by atoms with Crippen LogP contribution < -0.4 is 11.1 Å². The van der Waals surface area contributed by atoms with Crippen LogP contribution in [-0.4, -0.2) is 30.2 Å². The van der Waals surface area contributed by atoms with E-state index in [0.717, 1.165) is 6.42 Å². The number of nitrogens with one attached hydrogen (secondary N) is 1. The lowest BCUT2D eigenvalue weighted by molar-refractivity contribution is -0.126. The summed E-state index contributed by atoms with van der Waals surface area (Å²) in [5.74, 6) is 0.179. The lowest BCUT2D eigenvalue weighted by Gasteiger charge is -2.28. The fourth-order valence-corrected chi connectivity index (χ4v) is 2.03. The van der Waals surface area contributed by atoms with Gasteiger partial charge in [0.05, 0.1) is 5.92 Å². The Kier molecular flexibility index (Phi) is 7.48. The second-order valence-electron chi connectivity index (χ2n) is 6.57. The molecule has 108 valence electrons. The summed E-state index contributed by atoms with van der Waals surface area (Å²) in [5, 5.41) is 12.0. The highest BCUT2D eigenvalue weighted by Crippen LogP contribution is 2.24. The second-order valence-corrected chi connectivity index (χ2v) is 6.57. The molecular formula is C14H30N2O2. The molecule has 0 aromatic carbocycles. The van der Waals surface area contributed by atoms with Crippen molar-refractivity contribution in [1.29, 1.82) is 0 Å². The van der Waals surface area contributed by atoms with Crippen LogP contribution in [0.25, 0.3) is 0 Å². The molecule has 0 radical (unpaired) electrons. The number of aliphatic hydroxyl groups excluding tert-OH is 1. The quantitative estimate of drug-likeness (QED) is 0.648. The summed E-state index contributed by atoms with van der Waals surface area (Å²) in [6.45, 7) is 10.9. The van der Waals surface area contributed by atoms with Crippen molar-refractivity contribution in [3.8, 4) is 0 Å². The minimum Gasteiger partial charge on any atom is -0.396 e. The normalized spacial score (nSPS) is 15.6. The van der Waals surface area contributed by atoms with Gasteiger partial charge in [-0.2, -0.15) is 0 Å². The fraction of sp³-hybridized carbons (Fsp3) is 0.929. The molecule has 0 bridgehead atoms. The molecule has 1 amide bonds. The molecule has 0 aromatic heterocycles. The maximum absolute atomic E-state index is 12.2. The first-order chi connectivity index (χ1) is 8.21. The lowest BCUT2D eigenvalue weighted by Crippen LogP contribution is -2.45. The number of hydrogen-bond donors (Lipinski definition) is 3. The Morgan fingerprint density at radius 3 is 2.22 bits per heavy atom. The lowest BCUT2D eigenvalue weighted by atomic mass is 9.84. The minimum absolute atomic E-state index is 0.0135. The number of nitrogens with two attached hydrogens (primary N) is 1. The Morgan fingerprint density at radius 2 is 1.89 bits per heavy atom. The number of aliphatic hydroxyl groups is 1. The topological polar surface area (TPSA) is 75.3 Å². The van der Waals surface area contributed by atoms with Gasteiger partial charge in [-0.15, -0.1) is 0 Å². The van der Waals surface area contributed by atoms with Crippen LogP contribution in [0.3, 0.4) is 0 Å². The van der Waals surface area contributed by atoms with Crippen molar-refractivity contribution in [2.24, 2.45) is 23.0 Å². The van der Waals surface area contributed by atoms with Gasteiger partial charge in [0.2, 0.25) is 5.91 Å². The third-order valence-corrected chi connectivity index (χ3v) is 3.09. The van der Waals surface area contributed by atoms with Crippen molar-refractivity contribution in [3.05, 3.63) is 0 Å². The first-order valence-electron chi connectivity index (χ1n) is 6.82. The molecule has 0 saturated heterocycles. The molecule has 0 spiro atoms. The molecule has 0 aliphatic rings. The van der Waals surface area contributed by atoms with E-state index in [9.17, 15) is 4.79 Å². The summed E-state index contributed by atoms with van der Waals surface area (Å²) in [4.78, 5) is 12.2. The Hall–Kier alpha value is -0.610. The van der Waals surface area contributed by atoms with Gasteiger partial charge in [-0.1, -0.05) is 34.6 Å². The monoisotopic (exact) mass is 258 g/mol. The fourth-order valence-electron chi connectivity index (χ4n) is 2.03. The zero-order chi connectivity index (χ0) is 14.3. The Bertz CT molecular complexity index is 247. The standard InChI is InChI=1S/C14H30N2O2/c1-10(2)12(6-7-17)16-13(18)11(9-15)8-14(3,4)5/h10-12,17H,6-9,15H2,1-5H3,(H,16,18). The summed E-state index contributed by atoms with van der Waals surface area (Å²) in [5.41, 5.74) is 5.79. The van der Waals surface area contributed by atoms with Gasteiger partial charge in [0.25, 0.3) is 0 Å². The molecule has 4 heteroatoms. The van der Waals surface area contributed by atoms with Crippen molar-refractivity contribution >= 4 is 5.91 Å². The highest BCUT2D eigenvalue weighted by atomic mass is 16.3. The molecule has 0 rings (SSSR count). The second kappa shape index (κ2) is 7.74. The van der Waals surface area contributed by atoms with Gasteiger partial charge in [0.15, 0.2) is 0 Å². The number of rotatable bonds is 7. The van der Waals surface area contributed by atoms with Crippen LogP contribution in [0.1, 0.15) is 47.5 Å². The van der Waals surface area contributed by atoms with E-state index >= 15 is 0 Å². The molecule has 0 saturated carbocycles. The summed E-state index contributed by atoms with van der Waals surface area (Å²) in [7, 11) is 0. The molecule has 0 aliphatic carbocycles. The third kappa shape index (κ3) is 6.97. The summed E-state index contributed by atoms with van der Waals surface area (Å²) in [6, 6.07) is 0.0246. The van der Waals surface area contributed by atoms with Crippen LogP contribution in [-0.2, 0) is 4.79 Å². The number of carbonyl (C=O) groups excluding carboxylic acids is 1. The maximum Gasteiger partial charge on any atom is 0.224 e. The Morgan fingerprint density at radius 1 is 1.33 bits per heavy atom. The molecule has 2 atom stereocenters. The van der Waals surface area contributed by atoms with Crippen LogP contribution in [0.5, 0.6) is 0 Å². The zero-order valence-electron chi connectivity index (χ0n) is 12.5. The summed E-state index contributed by atoms with van der Waals surface area (Å²) >= 11 is 0. The predicted octanol–water partition coefficient (Wildman–Crippen LogP) is 1.52. The smallest absolute Gasteiger partial charge is 0.224 e. The van der Waals surface area contributed by atoms with E-state index in [2.05, 4.69) is 26.1 Å². The third-order valence-electron chi connectivity index (χ3n) is 3.09. The molecular weight excluding hydrogens is 228 g/mol. The van der Waals surface area contributed by atoms with Gasteiger partial charge in [-0.3, -0.25) is 4.79 Å². The van der Waals surface area contributed by atoms with Gasteiger partial charge in [-0.05, 0) is 24.2 Å². The highest BCUT2D eigenvalue weighted by Gasteiger charge is 2.26. The highest BCUT2D eigenvalue weighted by molar-refractivity contribution is 5.79. The van der Waals surface area contributed by atoms with Crippen molar-refractivity contribution in [3.63, 3.8) is 0 Å². The molecule has 0 aromatic rings. The van der Waals surface area contributed by atoms with Crippen LogP contribution >= 0.6 is 0 Å². The molecule has 4 nitrogen and oxygen atoms in total. The van der Waals surface area contributed by atoms with E-state index < -0.39 is 0 Å². The first kappa shape index (κ1) is 17.4. The van der Waals surface area contributed by atoms with Crippen LogP contribution in [0, 0.1) is 17.3 Å². The molecule has 2 unspecified atom stereocenters. The minimum atomic E-state index is -0.148. The van der Waals surface area contributed by atoms with E-state index in [0.29, 0.717) is 18.9 Å². The van der Waals surface area contributed by atoms with E-state index in [1.807, 2.05) is 13.8 Å². The number of hydrogen-bond acceptors (Lipinski definition) is 3. The maximum atomic E-state index is 12.2. The van der Waals surface area contributed by atoms with Gasteiger partial charge in [0.1, 0.15) is 0 Å². The number of carbonyl (C=O) groups is 1. The van der Waals surface area contributed by atoms with Crippen molar-refractivity contribution in [2.45, 2.75) is 53.5 Å². The van der Waals surface area contributed by atoms with E-state index in [-0.39, 0.29) is 29.9 Å². The van der Waals surface area contributed by atoms with E-state index in [4.69, 9.17) is 10.8 Å². The van der Waals surface area contributed by atoms with Gasteiger partial charge in [0, 0.05) is 19.2 Å². The predicted molar refractivity (Wildman–Crippen MR) is 75.1 cm³/mol. The van der Waals surface area contributed by atoms with Crippen molar-refractivity contribution < 1.29 is 9.90 Å². The average Bonchev–Trinajstić information content (AvgIpc) is 2.23.